The number of carbonyl (C=O) groups is 1. The molecule has 1 aromatic heterocycles. The van der Waals surface area contributed by atoms with Crippen LogP contribution in [-0.4, -0.2) is 16.9 Å². The number of hydrogen-bond donors (Lipinski definition) is 1. The lowest BCUT2D eigenvalue weighted by atomic mass is 9.95. The van der Waals surface area contributed by atoms with Gasteiger partial charge in [-0.3, -0.25) is 4.79 Å². The van der Waals surface area contributed by atoms with Crippen molar-refractivity contribution in [2.75, 3.05) is 0 Å². The molecule has 1 fully saturated rings. The molecule has 1 N–H and O–H groups in total. The third-order valence-corrected chi connectivity index (χ3v) is 3.63. The normalized spacial score (nSPS) is 16.8. The van der Waals surface area contributed by atoms with Crippen LogP contribution in [0, 0.1) is 6.92 Å². The highest BCUT2D eigenvalue weighted by Crippen LogP contribution is 2.18. The van der Waals surface area contributed by atoms with Crippen molar-refractivity contribution >= 4 is 21.8 Å². The minimum atomic E-state index is -0.0399. The highest BCUT2D eigenvalue weighted by atomic mass is 79.9. The standard InChI is InChI=1S/C13H17BrN2O/c1-9-7-10(14)8-15-12(9)13(17)16-11-5-3-2-4-6-11/h7-8,11H,2-6H2,1H3,(H,16,17). The second-order valence-corrected chi connectivity index (χ2v) is 5.54. The molecule has 3 nitrogen and oxygen atoms in total. The zero-order valence-electron chi connectivity index (χ0n) is 10.0. The maximum absolute atomic E-state index is 12.1. The summed E-state index contributed by atoms with van der Waals surface area (Å²) in [5.41, 5.74) is 1.45. The molecule has 1 aliphatic rings. The number of rotatable bonds is 2. The van der Waals surface area contributed by atoms with Crippen molar-refractivity contribution in [3.63, 3.8) is 0 Å². The van der Waals surface area contributed by atoms with Gasteiger partial charge in [-0.05, 0) is 47.3 Å². The first-order chi connectivity index (χ1) is 8.16. The fourth-order valence-electron chi connectivity index (χ4n) is 2.28. The van der Waals surface area contributed by atoms with E-state index in [0.717, 1.165) is 22.9 Å². The second-order valence-electron chi connectivity index (χ2n) is 4.63. The first-order valence-electron chi connectivity index (χ1n) is 6.10. The number of pyridine rings is 1. The fraction of sp³-hybridized carbons (Fsp3) is 0.538. The molecule has 1 aliphatic carbocycles. The van der Waals surface area contributed by atoms with E-state index in [0.29, 0.717) is 11.7 Å². The summed E-state index contributed by atoms with van der Waals surface area (Å²) in [5, 5.41) is 3.08. The molecule has 92 valence electrons. The summed E-state index contributed by atoms with van der Waals surface area (Å²) in [6, 6.07) is 2.25. The van der Waals surface area contributed by atoms with Gasteiger partial charge in [0.05, 0.1) is 0 Å². The van der Waals surface area contributed by atoms with Crippen LogP contribution in [0.15, 0.2) is 16.7 Å². The van der Waals surface area contributed by atoms with Crippen LogP contribution in [0.25, 0.3) is 0 Å². The average Bonchev–Trinajstić information content (AvgIpc) is 2.30. The van der Waals surface area contributed by atoms with E-state index in [1.54, 1.807) is 6.20 Å². The topological polar surface area (TPSA) is 42.0 Å². The number of halogens is 1. The Morgan fingerprint density at radius 3 is 2.76 bits per heavy atom. The molecule has 0 atom stereocenters. The van der Waals surface area contributed by atoms with Crippen molar-refractivity contribution in [1.82, 2.24) is 10.3 Å². The van der Waals surface area contributed by atoms with Gasteiger partial charge >= 0.3 is 0 Å². The van der Waals surface area contributed by atoms with E-state index in [9.17, 15) is 4.79 Å². The maximum atomic E-state index is 12.1. The van der Waals surface area contributed by atoms with Crippen molar-refractivity contribution in [3.05, 3.63) is 28.0 Å². The zero-order valence-corrected chi connectivity index (χ0v) is 11.6. The van der Waals surface area contributed by atoms with Crippen molar-refractivity contribution in [2.45, 2.75) is 45.1 Å². The van der Waals surface area contributed by atoms with Crippen molar-refractivity contribution < 1.29 is 4.79 Å². The van der Waals surface area contributed by atoms with E-state index in [1.165, 1.54) is 19.3 Å². The Morgan fingerprint density at radius 1 is 1.41 bits per heavy atom. The quantitative estimate of drug-likeness (QED) is 0.910. The van der Waals surface area contributed by atoms with Gasteiger partial charge in [-0.25, -0.2) is 4.98 Å². The lowest BCUT2D eigenvalue weighted by Crippen LogP contribution is -2.36. The number of carbonyl (C=O) groups excluding carboxylic acids is 1. The van der Waals surface area contributed by atoms with E-state index in [4.69, 9.17) is 0 Å². The van der Waals surface area contributed by atoms with Crippen LogP contribution in [0.1, 0.15) is 48.2 Å². The summed E-state index contributed by atoms with van der Waals surface area (Å²) >= 11 is 3.35. The van der Waals surface area contributed by atoms with Crippen LogP contribution in [0.3, 0.4) is 0 Å². The summed E-state index contributed by atoms with van der Waals surface area (Å²) in [5.74, 6) is -0.0399. The van der Waals surface area contributed by atoms with Crippen molar-refractivity contribution in [1.29, 1.82) is 0 Å². The van der Waals surface area contributed by atoms with E-state index in [2.05, 4.69) is 26.2 Å². The molecule has 17 heavy (non-hydrogen) atoms. The number of nitrogens with zero attached hydrogens (tertiary/aromatic N) is 1. The SMILES string of the molecule is Cc1cc(Br)cnc1C(=O)NC1CCCCC1. The Kier molecular flexibility index (Phi) is 4.15. The highest BCUT2D eigenvalue weighted by Gasteiger charge is 2.18. The van der Waals surface area contributed by atoms with Gasteiger partial charge in [0.25, 0.3) is 5.91 Å². The first kappa shape index (κ1) is 12.6. The summed E-state index contributed by atoms with van der Waals surface area (Å²) < 4.78 is 0.907. The van der Waals surface area contributed by atoms with E-state index >= 15 is 0 Å². The molecule has 0 radical (unpaired) electrons. The molecule has 0 saturated heterocycles. The van der Waals surface area contributed by atoms with Crippen LogP contribution >= 0.6 is 15.9 Å². The molecule has 1 aromatic rings. The Balaban J connectivity index is 2.03. The number of aromatic nitrogens is 1. The molecule has 0 aliphatic heterocycles. The zero-order chi connectivity index (χ0) is 12.3. The highest BCUT2D eigenvalue weighted by molar-refractivity contribution is 9.10. The lowest BCUT2D eigenvalue weighted by molar-refractivity contribution is 0.0922. The minimum absolute atomic E-state index is 0.0399. The number of nitrogens with one attached hydrogen (secondary N) is 1. The smallest absolute Gasteiger partial charge is 0.270 e. The molecule has 0 bridgehead atoms. The molecule has 4 heteroatoms. The molecule has 2 rings (SSSR count). The Morgan fingerprint density at radius 2 is 2.12 bits per heavy atom. The monoisotopic (exact) mass is 296 g/mol. The molecule has 0 spiro atoms. The molecule has 0 aromatic carbocycles. The Bertz CT molecular complexity index is 414. The maximum Gasteiger partial charge on any atom is 0.270 e. The van der Waals surface area contributed by atoms with Crippen LogP contribution in [-0.2, 0) is 0 Å². The van der Waals surface area contributed by atoms with Gasteiger partial charge in [-0.2, -0.15) is 0 Å². The molecule has 1 saturated carbocycles. The summed E-state index contributed by atoms with van der Waals surface area (Å²) in [4.78, 5) is 16.2. The fourth-order valence-corrected chi connectivity index (χ4v) is 2.72. The minimum Gasteiger partial charge on any atom is -0.348 e. The number of hydrogen-bond acceptors (Lipinski definition) is 2. The molecule has 1 amide bonds. The molecular formula is C13H17BrN2O. The van der Waals surface area contributed by atoms with Crippen LogP contribution < -0.4 is 5.32 Å². The van der Waals surface area contributed by atoms with Gasteiger partial charge in [0.1, 0.15) is 5.69 Å². The van der Waals surface area contributed by atoms with E-state index in [1.807, 2.05) is 13.0 Å². The van der Waals surface area contributed by atoms with Crippen LogP contribution in [0.5, 0.6) is 0 Å². The third kappa shape index (κ3) is 3.28. The molecule has 1 heterocycles. The Hall–Kier alpha value is -0.900. The second kappa shape index (κ2) is 5.63. The number of amides is 1. The first-order valence-corrected chi connectivity index (χ1v) is 6.89. The van der Waals surface area contributed by atoms with Crippen molar-refractivity contribution in [2.24, 2.45) is 0 Å². The lowest BCUT2D eigenvalue weighted by Gasteiger charge is -2.22. The van der Waals surface area contributed by atoms with Gasteiger partial charge in [0, 0.05) is 16.7 Å². The van der Waals surface area contributed by atoms with Gasteiger partial charge < -0.3 is 5.32 Å². The predicted octanol–water partition coefficient (Wildman–Crippen LogP) is 3.22. The molecular weight excluding hydrogens is 280 g/mol. The van der Waals surface area contributed by atoms with Crippen molar-refractivity contribution in [3.8, 4) is 0 Å². The third-order valence-electron chi connectivity index (χ3n) is 3.20. The van der Waals surface area contributed by atoms with Gasteiger partial charge in [-0.15, -0.1) is 0 Å². The van der Waals surface area contributed by atoms with Gasteiger partial charge in [0.15, 0.2) is 0 Å². The predicted molar refractivity (Wildman–Crippen MR) is 71.0 cm³/mol. The largest absolute Gasteiger partial charge is 0.348 e. The van der Waals surface area contributed by atoms with Gasteiger partial charge in [-0.1, -0.05) is 19.3 Å². The van der Waals surface area contributed by atoms with Crippen LogP contribution in [0.2, 0.25) is 0 Å². The summed E-state index contributed by atoms with van der Waals surface area (Å²) in [6.45, 7) is 1.91. The number of aryl methyl sites for hydroxylation is 1. The van der Waals surface area contributed by atoms with Crippen LogP contribution in [0.4, 0.5) is 0 Å². The summed E-state index contributed by atoms with van der Waals surface area (Å²) in [7, 11) is 0. The Labute approximate surface area is 110 Å². The van der Waals surface area contributed by atoms with E-state index in [-0.39, 0.29) is 5.91 Å². The summed E-state index contributed by atoms with van der Waals surface area (Å²) in [6.07, 6.45) is 7.60. The van der Waals surface area contributed by atoms with E-state index < -0.39 is 0 Å². The molecule has 0 unspecified atom stereocenters. The average molecular weight is 297 g/mol. The van der Waals surface area contributed by atoms with Gasteiger partial charge in [0.2, 0.25) is 0 Å².